The maximum absolute atomic E-state index is 12.2. The van der Waals surface area contributed by atoms with Gasteiger partial charge in [-0.1, -0.05) is 0 Å². The third kappa shape index (κ3) is 3.06. The molecule has 0 saturated heterocycles. The number of carboxylic acids is 1. The fraction of sp³-hybridized carbons (Fsp3) is 0.667. The molecule has 0 aromatic carbocycles. The molecule has 1 heterocycles. The number of amides is 2. The molecule has 112 valence electrons. The second-order valence-corrected chi connectivity index (χ2v) is 5.08. The lowest BCUT2D eigenvalue weighted by Crippen LogP contribution is -2.56. The Bertz CT molecular complexity index is 497. The van der Waals surface area contributed by atoms with Crippen LogP contribution >= 0.6 is 0 Å². The number of hydrogen-bond donors (Lipinski definition) is 2. The molecule has 2 amide bonds. The van der Waals surface area contributed by atoms with Crippen LogP contribution in [0.4, 0.5) is 4.79 Å². The Kier molecular flexibility index (Phi) is 4.69. The first-order valence-corrected chi connectivity index (χ1v) is 6.37. The Morgan fingerprint density at radius 3 is 2.55 bits per heavy atom. The van der Waals surface area contributed by atoms with E-state index in [1.807, 2.05) is 0 Å². The number of nitrogens with one attached hydrogen (secondary N) is 1. The van der Waals surface area contributed by atoms with Crippen molar-refractivity contribution in [2.45, 2.75) is 39.3 Å². The highest BCUT2D eigenvalue weighted by molar-refractivity contribution is 5.85. The maximum Gasteiger partial charge on any atom is 0.329 e. The first-order valence-electron chi connectivity index (χ1n) is 6.37. The Labute approximate surface area is 117 Å². The molecule has 1 unspecified atom stereocenters. The molecule has 1 aromatic rings. The van der Waals surface area contributed by atoms with Gasteiger partial charge in [0.25, 0.3) is 0 Å². The van der Waals surface area contributed by atoms with Crippen molar-refractivity contribution in [2.75, 3.05) is 6.54 Å². The van der Waals surface area contributed by atoms with Gasteiger partial charge in [0.05, 0.1) is 6.04 Å². The van der Waals surface area contributed by atoms with Gasteiger partial charge in [0, 0.05) is 13.6 Å². The molecular weight excluding hydrogens is 262 g/mol. The van der Waals surface area contributed by atoms with Crippen molar-refractivity contribution < 1.29 is 14.7 Å². The van der Waals surface area contributed by atoms with Gasteiger partial charge in [0.15, 0.2) is 5.82 Å². The summed E-state index contributed by atoms with van der Waals surface area (Å²) in [4.78, 5) is 24.7. The molecule has 0 aliphatic rings. The zero-order valence-electron chi connectivity index (χ0n) is 12.4. The van der Waals surface area contributed by atoms with Gasteiger partial charge in [0.1, 0.15) is 11.9 Å². The molecule has 20 heavy (non-hydrogen) atoms. The monoisotopic (exact) mass is 283 g/mol. The zero-order chi connectivity index (χ0) is 15.5. The minimum absolute atomic E-state index is 0.288. The lowest BCUT2D eigenvalue weighted by molar-refractivity contribution is -0.147. The predicted molar refractivity (Wildman–Crippen MR) is 72.0 cm³/mol. The molecule has 1 aromatic heterocycles. The van der Waals surface area contributed by atoms with Crippen LogP contribution in [0.15, 0.2) is 6.33 Å². The highest BCUT2D eigenvalue weighted by Gasteiger charge is 2.37. The maximum atomic E-state index is 12.2. The minimum atomic E-state index is -1.28. The summed E-state index contributed by atoms with van der Waals surface area (Å²) in [6.07, 6.45) is 1.54. The smallest absolute Gasteiger partial charge is 0.329 e. The summed E-state index contributed by atoms with van der Waals surface area (Å²) in [6, 6.07) is -0.816. The molecule has 0 spiro atoms. The number of carbonyl (C=O) groups excluding carboxylic acids is 1. The molecule has 0 bridgehead atoms. The van der Waals surface area contributed by atoms with Crippen molar-refractivity contribution in [3.63, 3.8) is 0 Å². The third-order valence-corrected chi connectivity index (χ3v) is 3.23. The largest absolute Gasteiger partial charge is 0.480 e. The fourth-order valence-corrected chi connectivity index (χ4v) is 1.92. The highest BCUT2D eigenvalue weighted by Crippen LogP contribution is 2.16. The van der Waals surface area contributed by atoms with Gasteiger partial charge in [-0.3, -0.25) is 0 Å². The normalized spacial score (nSPS) is 12.8. The molecule has 1 rings (SSSR count). The van der Waals surface area contributed by atoms with E-state index in [0.717, 1.165) is 0 Å². The van der Waals surface area contributed by atoms with E-state index >= 15 is 0 Å². The number of carbonyl (C=O) groups is 2. The lowest BCUT2D eigenvalue weighted by Gasteiger charge is -2.34. The first-order chi connectivity index (χ1) is 9.21. The zero-order valence-corrected chi connectivity index (χ0v) is 12.4. The number of likely N-dealkylation sites (N-methyl/N-ethyl adjacent to an activating group) is 1. The van der Waals surface area contributed by atoms with E-state index in [-0.39, 0.29) is 12.6 Å². The number of aliphatic carboxylic acids is 1. The van der Waals surface area contributed by atoms with E-state index in [9.17, 15) is 14.7 Å². The summed E-state index contributed by atoms with van der Waals surface area (Å²) in [5.74, 6) is -0.455. The summed E-state index contributed by atoms with van der Waals surface area (Å²) >= 11 is 0. The van der Waals surface area contributed by atoms with Crippen LogP contribution in [-0.4, -0.2) is 48.9 Å². The van der Waals surface area contributed by atoms with E-state index in [0.29, 0.717) is 5.82 Å². The number of nitrogens with zero attached hydrogens (tertiary/aromatic N) is 4. The number of rotatable bonds is 5. The second kappa shape index (κ2) is 5.89. The van der Waals surface area contributed by atoms with Crippen LogP contribution in [0.2, 0.25) is 0 Å². The fourth-order valence-electron chi connectivity index (χ4n) is 1.92. The summed E-state index contributed by atoms with van der Waals surface area (Å²) < 4.78 is 1.70. The average Bonchev–Trinajstić information content (AvgIpc) is 2.75. The number of aromatic nitrogens is 3. The van der Waals surface area contributed by atoms with Crippen LogP contribution in [0.25, 0.3) is 0 Å². The topological polar surface area (TPSA) is 100 Å². The van der Waals surface area contributed by atoms with Gasteiger partial charge >= 0.3 is 12.0 Å². The van der Waals surface area contributed by atoms with Crippen LogP contribution < -0.4 is 5.32 Å². The molecular formula is C12H21N5O3. The van der Waals surface area contributed by atoms with Gasteiger partial charge in [-0.15, -0.1) is 10.2 Å². The molecule has 0 fully saturated rings. The van der Waals surface area contributed by atoms with Gasteiger partial charge in [-0.2, -0.15) is 0 Å². The number of urea groups is 1. The van der Waals surface area contributed by atoms with E-state index in [1.165, 1.54) is 25.1 Å². The second-order valence-electron chi connectivity index (χ2n) is 5.08. The van der Waals surface area contributed by atoms with E-state index in [4.69, 9.17) is 0 Å². The highest BCUT2D eigenvalue weighted by atomic mass is 16.4. The minimum Gasteiger partial charge on any atom is -0.480 e. The van der Waals surface area contributed by atoms with Crippen LogP contribution in [0, 0.1) is 0 Å². The molecule has 8 nitrogen and oxygen atoms in total. The van der Waals surface area contributed by atoms with Crippen molar-refractivity contribution in [1.82, 2.24) is 25.0 Å². The van der Waals surface area contributed by atoms with Crippen LogP contribution in [0.3, 0.4) is 0 Å². The number of aryl methyl sites for hydroxylation is 1. The third-order valence-electron chi connectivity index (χ3n) is 3.23. The molecule has 1 atom stereocenters. The molecule has 0 saturated carbocycles. The standard InChI is InChI=1S/C12H21N5O3/c1-6-17(12(3,4)10(18)19)11(20)14-8(2)9-15-13-7-16(9)5/h7-8H,6H2,1-5H3,(H,14,20)(H,18,19). The summed E-state index contributed by atoms with van der Waals surface area (Å²) in [5, 5.41) is 19.6. The quantitative estimate of drug-likeness (QED) is 0.831. The van der Waals surface area contributed by atoms with Crippen LogP contribution in [-0.2, 0) is 11.8 Å². The van der Waals surface area contributed by atoms with Gasteiger partial charge in [-0.05, 0) is 27.7 Å². The Balaban J connectivity index is 2.84. The van der Waals surface area contributed by atoms with Crippen molar-refractivity contribution in [3.05, 3.63) is 12.2 Å². The van der Waals surface area contributed by atoms with Crippen LogP contribution in [0.1, 0.15) is 39.6 Å². The molecule has 8 heteroatoms. The van der Waals surface area contributed by atoms with Gasteiger partial charge < -0.3 is 19.9 Å². The summed E-state index contributed by atoms with van der Waals surface area (Å²) in [6.45, 7) is 6.77. The van der Waals surface area contributed by atoms with Crippen molar-refractivity contribution in [3.8, 4) is 0 Å². The van der Waals surface area contributed by atoms with Gasteiger partial charge in [0.2, 0.25) is 0 Å². The first kappa shape index (κ1) is 15.9. The molecule has 2 N–H and O–H groups in total. The van der Waals surface area contributed by atoms with Crippen molar-refractivity contribution >= 4 is 12.0 Å². The van der Waals surface area contributed by atoms with E-state index < -0.39 is 17.5 Å². The molecule has 0 aliphatic heterocycles. The van der Waals surface area contributed by atoms with E-state index in [1.54, 1.807) is 25.5 Å². The Morgan fingerprint density at radius 2 is 2.15 bits per heavy atom. The van der Waals surface area contributed by atoms with Crippen molar-refractivity contribution in [2.24, 2.45) is 7.05 Å². The Hall–Kier alpha value is -2.12. The van der Waals surface area contributed by atoms with Gasteiger partial charge in [-0.25, -0.2) is 9.59 Å². The SMILES string of the molecule is CCN(C(=O)NC(C)c1nncn1C)C(C)(C)C(=O)O. The molecule has 0 radical (unpaired) electrons. The number of carboxylic acid groups (broad SMARTS) is 1. The van der Waals surface area contributed by atoms with Crippen molar-refractivity contribution in [1.29, 1.82) is 0 Å². The molecule has 0 aliphatic carbocycles. The summed E-state index contributed by atoms with van der Waals surface area (Å²) in [5.41, 5.74) is -1.28. The van der Waals surface area contributed by atoms with Crippen LogP contribution in [0.5, 0.6) is 0 Å². The lowest BCUT2D eigenvalue weighted by atomic mass is 10.0. The summed E-state index contributed by atoms with van der Waals surface area (Å²) in [7, 11) is 1.77. The Morgan fingerprint density at radius 1 is 1.55 bits per heavy atom. The predicted octanol–water partition coefficient (Wildman–Crippen LogP) is 0.771. The van der Waals surface area contributed by atoms with E-state index in [2.05, 4.69) is 15.5 Å². The average molecular weight is 283 g/mol. The number of hydrogen-bond acceptors (Lipinski definition) is 4.